The van der Waals surface area contributed by atoms with Crippen LogP contribution in [0.25, 0.3) is 0 Å². The summed E-state index contributed by atoms with van der Waals surface area (Å²) in [5.74, 6) is -0.00976. The minimum absolute atomic E-state index is 0.101. The van der Waals surface area contributed by atoms with Gasteiger partial charge in [-0.05, 0) is 29.8 Å². The summed E-state index contributed by atoms with van der Waals surface area (Å²) in [5.41, 5.74) is 0.634. The zero-order valence-electron chi connectivity index (χ0n) is 10.1. The number of carbonyl (C=O) groups excluding carboxylic acids is 1. The summed E-state index contributed by atoms with van der Waals surface area (Å²) < 4.78 is 5.11. The van der Waals surface area contributed by atoms with Gasteiger partial charge in [-0.1, -0.05) is 41.9 Å². The summed E-state index contributed by atoms with van der Waals surface area (Å²) in [6.45, 7) is 0. The van der Waals surface area contributed by atoms with Crippen LogP contribution in [0.2, 0.25) is 5.02 Å². The summed E-state index contributed by atoms with van der Waals surface area (Å²) in [6, 6.07) is 15.5. The van der Waals surface area contributed by atoms with Crippen molar-refractivity contribution in [2.45, 2.75) is 12.5 Å². The van der Waals surface area contributed by atoms with Crippen LogP contribution in [0.3, 0.4) is 0 Å². The van der Waals surface area contributed by atoms with Gasteiger partial charge in [-0.25, -0.2) is 0 Å². The first-order chi connectivity index (χ1) is 9.15. The fraction of sp³-hybridized carbons (Fsp3) is 0.133. The maximum absolute atomic E-state index is 11.7. The van der Waals surface area contributed by atoms with Crippen LogP contribution in [0.4, 0.5) is 0 Å². The minimum atomic E-state index is -0.895. The molecule has 0 saturated heterocycles. The van der Waals surface area contributed by atoms with E-state index in [-0.39, 0.29) is 6.42 Å². The molecular formula is C15H13ClO3. The van der Waals surface area contributed by atoms with Crippen LogP contribution in [-0.4, -0.2) is 11.1 Å². The Morgan fingerprint density at radius 2 is 1.74 bits per heavy atom. The molecule has 0 radical (unpaired) electrons. The number of halogens is 1. The number of hydrogen-bond donors (Lipinski definition) is 1. The fourth-order valence-corrected chi connectivity index (χ4v) is 1.75. The first-order valence-electron chi connectivity index (χ1n) is 5.84. The number of aliphatic hydroxyl groups is 1. The van der Waals surface area contributed by atoms with Crippen LogP contribution in [0, 0.1) is 0 Å². The lowest BCUT2D eigenvalue weighted by molar-refractivity contribution is -0.136. The summed E-state index contributed by atoms with van der Waals surface area (Å²) in [7, 11) is 0. The number of benzene rings is 2. The molecule has 0 bridgehead atoms. The van der Waals surface area contributed by atoms with E-state index in [1.54, 1.807) is 48.5 Å². The van der Waals surface area contributed by atoms with Gasteiger partial charge in [0.05, 0.1) is 12.5 Å². The van der Waals surface area contributed by atoms with E-state index < -0.39 is 12.1 Å². The SMILES string of the molecule is O=C(C[C@@H](O)c1ccc(Cl)cc1)Oc1ccccc1. The summed E-state index contributed by atoms with van der Waals surface area (Å²) in [5, 5.41) is 10.5. The predicted octanol–water partition coefficient (Wildman–Crippen LogP) is 3.37. The third-order valence-corrected chi connectivity index (χ3v) is 2.84. The van der Waals surface area contributed by atoms with E-state index in [9.17, 15) is 9.90 Å². The Hall–Kier alpha value is -1.84. The average molecular weight is 277 g/mol. The molecule has 2 aromatic rings. The molecule has 3 nitrogen and oxygen atoms in total. The Kier molecular flexibility index (Phi) is 4.55. The van der Waals surface area contributed by atoms with Crippen molar-refractivity contribution in [3.63, 3.8) is 0 Å². The predicted molar refractivity (Wildman–Crippen MR) is 73.1 cm³/mol. The van der Waals surface area contributed by atoms with Crippen LogP contribution < -0.4 is 4.74 Å². The molecule has 0 unspecified atom stereocenters. The van der Waals surface area contributed by atoms with Crippen molar-refractivity contribution >= 4 is 17.6 Å². The molecule has 19 heavy (non-hydrogen) atoms. The van der Waals surface area contributed by atoms with Crippen LogP contribution in [0.1, 0.15) is 18.1 Å². The Morgan fingerprint density at radius 3 is 2.37 bits per heavy atom. The standard InChI is InChI=1S/C15H13ClO3/c16-12-8-6-11(7-9-12)14(17)10-15(18)19-13-4-2-1-3-5-13/h1-9,14,17H,10H2/t14-/m1/s1. The highest BCUT2D eigenvalue weighted by atomic mass is 35.5. The van der Waals surface area contributed by atoms with E-state index in [1.165, 1.54) is 0 Å². The summed E-state index contributed by atoms with van der Waals surface area (Å²) in [6.07, 6.45) is -0.996. The average Bonchev–Trinajstić information content (AvgIpc) is 2.40. The number of hydrogen-bond acceptors (Lipinski definition) is 3. The van der Waals surface area contributed by atoms with Crippen molar-refractivity contribution in [3.8, 4) is 5.75 Å². The van der Waals surface area contributed by atoms with Gasteiger partial charge < -0.3 is 9.84 Å². The molecule has 0 saturated carbocycles. The van der Waals surface area contributed by atoms with Gasteiger partial charge in [-0.2, -0.15) is 0 Å². The molecule has 0 aliphatic heterocycles. The molecule has 98 valence electrons. The number of esters is 1. The molecule has 2 aromatic carbocycles. The van der Waals surface area contributed by atoms with E-state index >= 15 is 0 Å². The zero-order valence-corrected chi connectivity index (χ0v) is 10.9. The fourth-order valence-electron chi connectivity index (χ4n) is 1.62. The highest BCUT2D eigenvalue weighted by Gasteiger charge is 2.14. The third-order valence-electron chi connectivity index (χ3n) is 2.59. The molecule has 2 rings (SSSR count). The van der Waals surface area contributed by atoms with Crippen molar-refractivity contribution in [1.29, 1.82) is 0 Å². The first-order valence-corrected chi connectivity index (χ1v) is 6.22. The van der Waals surface area contributed by atoms with Crippen molar-refractivity contribution in [1.82, 2.24) is 0 Å². The normalized spacial score (nSPS) is 11.9. The van der Waals surface area contributed by atoms with Crippen molar-refractivity contribution < 1.29 is 14.6 Å². The maximum Gasteiger partial charge on any atom is 0.314 e. The molecule has 0 spiro atoms. The van der Waals surface area contributed by atoms with Gasteiger partial charge >= 0.3 is 5.97 Å². The van der Waals surface area contributed by atoms with Gasteiger partial charge in [-0.15, -0.1) is 0 Å². The quantitative estimate of drug-likeness (QED) is 0.688. The molecule has 0 aliphatic rings. The number of aliphatic hydroxyl groups excluding tert-OH is 1. The van der Waals surface area contributed by atoms with Gasteiger partial charge in [-0.3, -0.25) is 4.79 Å². The van der Waals surface area contributed by atoms with Crippen LogP contribution >= 0.6 is 11.6 Å². The molecule has 0 aliphatic carbocycles. The second-order valence-electron chi connectivity index (χ2n) is 4.06. The molecule has 0 fully saturated rings. The monoisotopic (exact) mass is 276 g/mol. The molecule has 0 amide bonds. The van der Waals surface area contributed by atoms with E-state index in [2.05, 4.69) is 0 Å². The number of rotatable bonds is 4. The molecule has 1 N–H and O–H groups in total. The van der Waals surface area contributed by atoms with Crippen LogP contribution in [0.5, 0.6) is 5.75 Å². The van der Waals surface area contributed by atoms with Crippen molar-refractivity contribution in [2.75, 3.05) is 0 Å². The van der Waals surface area contributed by atoms with E-state index in [0.29, 0.717) is 16.3 Å². The van der Waals surface area contributed by atoms with E-state index in [0.717, 1.165) is 0 Å². The number of para-hydroxylation sites is 1. The van der Waals surface area contributed by atoms with Gasteiger partial charge in [0.25, 0.3) is 0 Å². The van der Waals surface area contributed by atoms with E-state index in [4.69, 9.17) is 16.3 Å². The first kappa shape index (κ1) is 13.6. The highest BCUT2D eigenvalue weighted by Crippen LogP contribution is 2.20. The molecule has 0 aromatic heterocycles. The second kappa shape index (κ2) is 6.36. The van der Waals surface area contributed by atoms with Gasteiger partial charge in [0, 0.05) is 5.02 Å². The molecular weight excluding hydrogens is 264 g/mol. The van der Waals surface area contributed by atoms with Gasteiger partial charge in [0.15, 0.2) is 0 Å². The zero-order chi connectivity index (χ0) is 13.7. The van der Waals surface area contributed by atoms with Crippen molar-refractivity contribution in [3.05, 3.63) is 65.2 Å². The maximum atomic E-state index is 11.7. The lowest BCUT2D eigenvalue weighted by atomic mass is 10.1. The molecule has 4 heteroatoms. The largest absolute Gasteiger partial charge is 0.426 e. The second-order valence-corrected chi connectivity index (χ2v) is 4.50. The third kappa shape index (κ3) is 4.09. The summed E-state index contributed by atoms with van der Waals surface area (Å²) >= 11 is 5.76. The van der Waals surface area contributed by atoms with Crippen molar-refractivity contribution in [2.24, 2.45) is 0 Å². The van der Waals surface area contributed by atoms with E-state index in [1.807, 2.05) is 6.07 Å². The Morgan fingerprint density at radius 1 is 1.11 bits per heavy atom. The molecule has 0 heterocycles. The Balaban J connectivity index is 1.93. The molecule has 1 atom stereocenters. The number of ether oxygens (including phenoxy) is 1. The smallest absolute Gasteiger partial charge is 0.314 e. The lowest BCUT2D eigenvalue weighted by Gasteiger charge is -2.10. The van der Waals surface area contributed by atoms with Gasteiger partial charge in [0.2, 0.25) is 0 Å². The highest BCUT2D eigenvalue weighted by molar-refractivity contribution is 6.30. The summed E-state index contributed by atoms with van der Waals surface area (Å²) in [4.78, 5) is 11.7. The van der Waals surface area contributed by atoms with Crippen LogP contribution in [-0.2, 0) is 4.79 Å². The lowest BCUT2D eigenvalue weighted by Crippen LogP contribution is -2.12. The van der Waals surface area contributed by atoms with Crippen LogP contribution in [0.15, 0.2) is 54.6 Å². The topological polar surface area (TPSA) is 46.5 Å². The minimum Gasteiger partial charge on any atom is -0.426 e. The number of carbonyl (C=O) groups is 1. The Bertz CT molecular complexity index is 537. The Labute approximate surface area is 116 Å². The van der Waals surface area contributed by atoms with Gasteiger partial charge in [0.1, 0.15) is 5.75 Å².